The number of amides is 3. The van der Waals surface area contributed by atoms with Gasteiger partial charge < -0.3 is 15.4 Å². The molecule has 3 amide bonds. The van der Waals surface area contributed by atoms with Crippen LogP contribution in [0.5, 0.6) is 0 Å². The number of carbonyl (C=O) groups is 3. The molecule has 7 heteroatoms. The molecule has 1 saturated heterocycles. The molecule has 192 valence electrons. The van der Waals surface area contributed by atoms with E-state index < -0.39 is 18.2 Å². The summed E-state index contributed by atoms with van der Waals surface area (Å²) < 4.78 is 5.78. The number of hydrogen-bond donors (Lipinski definition) is 2. The summed E-state index contributed by atoms with van der Waals surface area (Å²) >= 11 is 0. The Balaban J connectivity index is 1.60. The zero-order valence-electron chi connectivity index (χ0n) is 21.7. The van der Waals surface area contributed by atoms with Gasteiger partial charge in [-0.15, -0.1) is 0 Å². The van der Waals surface area contributed by atoms with Crippen molar-refractivity contribution >= 4 is 23.6 Å². The molecule has 0 unspecified atom stereocenters. The second kappa shape index (κ2) is 11.3. The minimum Gasteiger partial charge on any atom is -0.438 e. The van der Waals surface area contributed by atoms with Crippen molar-refractivity contribution in [3.05, 3.63) is 101 Å². The SMILES string of the molecule is CC[C@H](C)NC(=O)[C@@H]1[C@H](c2cccc(NC(=O)c3ccc(C)cc3)c2)OC(=O)N1Cc1ccc(C)cc1. The Labute approximate surface area is 217 Å². The van der Waals surface area contributed by atoms with E-state index in [1.807, 2.05) is 64.1 Å². The molecular formula is C30H33N3O4. The predicted molar refractivity (Wildman–Crippen MR) is 143 cm³/mol. The number of rotatable bonds is 8. The van der Waals surface area contributed by atoms with Crippen LogP contribution in [0, 0.1) is 13.8 Å². The van der Waals surface area contributed by atoms with Gasteiger partial charge in [-0.25, -0.2) is 4.79 Å². The van der Waals surface area contributed by atoms with E-state index in [9.17, 15) is 14.4 Å². The number of cyclic esters (lactones) is 1. The maximum absolute atomic E-state index is 13.4. The number of ether oxygens (including phenoxy) is 1. The first-order valence-electron chi connectivity index (χ1n) is 12.6. The quantitative estimate of drug-likeness (QED) is 0.426. The van der Waals surface area contributed by atoms with Gasteiger partial charge in [0.15, 0.2) is 12.1 Å². The molecule has 0 radical (unpaired) electrons. The molecule has 7 nitrogen and oxygen atoms in total. The molecule has 0 aromatic heterocycles. The Kier molecular flexibility index (Phi) is 7.92. The van der Waals surface area contributed by atoms with Gasteiger partial charge >= 0.3 is 6.09 Å². The van der Waals surface area contributed by atoms with Crippen molar-refractivity contribution in [1.29, 1.82) is 0 Å². The van der Waals surface area contributed by atoms with Crippen molar-refractivity contribution in [2.75, 3.05) is 5.32 Å². The van der Waals surface area contributed by atoms with Crippen LogP contribution >= 0.6 is 0 Å². The van der Waals surface area contributed by atoms with E-state index in [2.05, 4.69) is 10.6 Å². The van der Waals surface area contributed by atoms with E-state index in [1.165, 1.54) is 4.90 Å². The number of carbonyl (C=O) groups excluding carboxylic acids is 3. The van der Waals surface area contributed by atoms with Crippen LogP contribution < -0.4 is 10.6 Å². The molecule has 0 saturated carbocycles. The van der Waals surface area contributed by atoms with Crippen LogP contribution in [0.1, 0.15) is 59.0 Å². The third-order valence-corrected chi connectivity index (χ3v) is 6.61. The fourth-order valence-electron chi connectivity index (χ4n) is 4.23. The summed E-state index contributed by atoms with van der Waals surface area (Å²) in [6, 6.07) is 21.3. The topological polar surface area (TPSA) is 87.7 Å². The van der Waals surface area contributed by atoms with Gasteiger partial charge in [-0.3, -0.25) is 14.5 Å². The Hall–Kier alpha value is -4.13. The maximum atomic E-state index is 13.4. The first kappa shape index (κ1) is 25.9. The van der Waals surface area contributed by atoms with Gasteiger partial charge in [-0.2, -0.15) is 0 Å². The highest BCUT2D eigenvalue weighted by atomic mass is 16.6. The van der Waals surface area contributed by atoms with E-state index in [0.717, 1.165) is 23.1 Å². The summed E-state index contributed by atoms with van der Waals surface area (Å²) in [6.45, 7) is 8.12. The summed E-state index contributed by atoms with van der Waals surface area (Å²) in [7, 11) is 0. The number of benzene rings is 3. The van der Waals surface area contributed by atoms with Gasteiger partial charge in [0, 0.05) is 17.3 Å². The van der Waals surface area contributed by atoms with Gasteiger partial charge in [-0.1, -0.05) is 66.6 Å². The van der Waals surface area contributed by atoms with Crippen molar-refractivity contribution < 1.29 is 19.1 Å². The molecule has 3 atom stereocenters. The molecule has 1 aliphatic heterocycles. The lowest BCUT2D eigenvalue weighted by Crippen LogP contribution is -2.48. The third kappa shape index (κ3) is 6.17. The van der Waals surface area contributed by atoms with Gasteiger partial charge in [0.05, 0.1) is 6.54 Å². The zero-order chi connectivity index (χ0) is 26.5. The van der Waals surface area contributed by atoms with Crippen LogP contribution in [0.2, 0.25) is 0 Å². The first-order valence-corrected chi connectivity index (χ1v) is 12.6. The number of anilines is 1. The molecule has 1 aliphatic rings. The zero-order valence-corrected chi connectivity index (χ0v) is 21.7. The normalized spacial score (nSPS) is 17.7. The average molecular weight is 500 g/mol. The summed E-state index contributed by atoms with van der Waals surface area (Å²) in [4.78, 5) is 40.7. The van der Waals surface area contributed by atoms with Crippen molar-refractivity contribution in [1.82, 2.24) is 10.2 Å². The Bertz CT molecular complexity index is 1270. The van der Waals surface area contributed by atoms with Crippen molar-refractivity contribution in [3.8, 4) is 0 Å². The molecule has 1 heterocycles. The largest absolute Gasteiger partial charge is 0.438 e. The maximum Gasteiger partial charge on any atom is 0.411 e. The molecule has 3 aromatic rings. The second-order valence-electron chi connectivity index (χ2n) is 9.63. The van der Waals surface area contributed by atoms with E-state index in [1.54, 1.807) is 36.4 Å². The molecule has 37 heavy (non-hydrogen) atoms. The standard InChI is InChI=1S/C30H33N3O4/c1-5-21(4)31-29(35)26-27(37-30(36)33(26)18-22-13-9-19(2)10-14-22)24-7-6-8-25(17-24)32-28(34)23-15-11-20(3)12-16-23/h6-17,21,26-27H,5,18H2,1-4H3,(H,31,35)(H,32,34)/t21-,26-,27-/m0/s1. The number of hydrogen-bond acceptors (Lipinski definition) is 4. The van der Waals surface area contributed by atoms with Gasteiger partial charge in [0.1, 0.15) is 0 Å². The van der Waals surface area contributed by atoms with Crippen LogP contribution in [0.4, 0.5) is 10.5 Å². The fourth-order valence-corrected chi connectivity index (χ4v) is 4.23. The molecule has 3 aromatic carbocycles. The van der Waals surface area contributed by atoms with E-state index in [0.29, 0.717) is 16.8 Å². The first-order chi connectivity index (χ1) is 17.7. The van der Waals surface area contributed by atoms with Gasteiger partial charge in [0.25, 0.3) is 5.91 Å². The van der Waals surface area contributed by atoms with Crippen LogP contribution in [-0.2, 0) is 16.1 Å². The minimum absolute atomic E-state index is 0.0507. The smallest absolute Gasteiger partial charge is 0.411 e. The lowest BCUT2D eigenvalue weighted by Gasteiger charge is -2.26. The average Bonchev–Trinajstić information content (AvgIpc) is 3.21. The molecular weight excluding hydrogens is 466 g/mol. The second-order valence-corrected chi connectivity index (χ2v) is 9.63. The summed E-state index contributed by atoms with van der Waals surface area (Å²) in [5, 5.41) is 5.91. The third-order valence-electron chi connectivity index (χ3n) is 6.61. The fraction of sp³-hybridized carbons (Fsp3) is 0.300. The van der Waals surface area contributed by atoms with Crippen LogP contribution in [0.15, 0.2) is 72.8 Å². The summed E-state index contributed by atoms with van der Waals surface area (Å²) in [5.74, 6) is -0.515. The highest BCUT2D eigenvalue weighted by Gasteiger charge is 2.47. The van der Waals surface area contributed by atoms with E-state index in [-0.39, 0.29) is 24.4 Å². The highest BCUT2D eigenvalue weighted by molar-refractivity contribution is 6.04. The van der Waals surface area contributed by atoms with Crippen molar-refractivity contribution in [2.24, 2.45) is 0 Å². The van der Waals surface area contributed by atoms with Gasteiger partial charge in [0.2, 0.25) is 5.91 Å². The summed E-state index contributed by atoms with van der Waals surface area (Å²) in [5.41, 5.74) is 4.81. The predicted octanol–water partition coefficient (Wildman–Crippen LogP) is 5.53. The minimum atomic E-state index is -0.856. The van der Waals surface area contributed by atoms with E-state index in [4.69, 9.17) is 4.74 Å². The molecule has 1 fully saturated rings. The lowest BCUT2D eigenvalue weighted by molar-refractivity contribution is -0.127. The Morgan fingerprint density at radius 1 is 0.973 bits per heavy atom. The van der Waals surface area contributed by atoms with Crippen molar-refractivity contribution in [2.45, 2.75) is 58.8 Å². The lowest BCUT2D eigenvalue weighted by atomic mass is 9.99. The Morgan fingerprint density at radius 2 is 1.62 bits per heavy atom. The number of nitrogens with zero attached hydrogens (tertiary/aromatic N) is 1. The monoisotopic (exact) mass is 499 g/mol. The van der Waals surface area contributed by atoms with Crippen LogP contribution in [0.25, 0.3) is 0 Å². The highest BCUT2D eigenvalue weighted by Crippen LogP contribution is 2.35. The van der Waals surface area contributed by atoms with E-state index >= 15 is 0 Å². The van der Waals surface area contributed by atoms with Crippen LogP contribution in [-0.4, -0.2) is 34.9 Å². The Morgan fingerprint density at radius 3 is 2.27 bits per heavy atom. The number of nitrogens with one attached hydrogen (secondary N) is 2. The molecule has 0 spiro atoms. The van der Waals surface area contributed by atoms with Crippen LogP contribution in [0.3, 0.4) is 0 Å². The number of aryl methyl sites for hydroxylation is 2. The molecule has 2 N–H and O–H groups in total. The molecule has 4 rings (SSSR count). The van der Waals surface area contributed by atoms with Crippen molar-refractivity contribution in [3.63, 3.8) is 0 Å². The van der Waals surface area contributed by atoms with Gasteiger partial charge in [-0.05, 0) is 62.6 Å². The molecule has 0 bridgehead atoms. The molecule has 0 aliphatic carbocycles. The summed E-state index contributed by atoms with van der Waals surface area (Å²) in [6.07, 6.45) is -0.613.